The summed E-state index contributed by atoms with van der Waals surface area (Å²) in [6.07, 6.45) is -0.724. The first-order chi connectivity index (χ1) is 7.88. The van der Waals surface area contributed by atoms with E-state index in [4.69, 9.17) is 0 Å². The molecule has 0 fully saturated rings. The average Bonchev–Trinajstić information content (AvgIpc) is 2.30. The molecule has 0 aliphatic heterocycles. The molecule has 1 rings (SSSR count). The van der Waals surface area contributed by atoms with Gasteiger partial charge in [-0.05, 0) is 13.0 Å². The lowest BCUT2D eigenvalue weighted by Gasteiger charge is -2.06. The van der Waals surface area contributed by atoms with E-state index in [9.17, 15) is 22.8 Å². The molecule has 1 aromatic carbocycles. The van der Waals surface area contributed by atoms with Gasteiger partial charge in [0.1, 0.15) is 12.2 Å². The van der Waals surface area contributed by atoms with Crippen LogP contribution in [0.3, 0.4) is 0 Å². The number of hydrogen-bond acceptors (Lipinski definition) is 3. The van der Waals surface area contributed by atoms with Crippen molar-refractivity contribution in [3.63, 3.8) is 0 Å². The number of ether oxygens (including phenoxy) is 1. The molecule has 0 unspecified atom stereocenters. The molecule has 0 saturated heterocycles. The molecular formula is C11H9F3O3. The van der Waals surface area contributed by atoms with Crippen LogP contribution in [0.25, 0.3) is 0 Å². The van der Waals surface area contributed by atoms with Crippen molar-refractivity contribution in [1.29, 1.82) is 0 Å². The quantitative estimate of drug-likeness (QED) is 0.355. The first kappa shape index (κ1) is 13.2. The Bertz CT molecular complexity index is 483. The van der Waals surface area contributed by atoms with Crippen LogP contribution in [0.1, 0.15) is 22.3 Å². The molecule has 17 heavy (non-hydrogen) atoms. The molecule has 0 N–H and O–H groups in total. The number of halogens is 3. The van der Waals surface area contributed by atoms with Gasteiger partial charge in [0, 0.05) is 5.56 Å². The maximum absolute atomic E-state index is 13.5. The molecule has 0 aliphatic carbocycles. The van der Waals surface area contributed by atoms with Crippen LogP contribution in [-0.2, 0) is 9.53 Å². The second-order valence-electron chi connectivity index (χ2n) is 3.34. The highest BCUT2D eigenvalue weighted by atomic mass is 19.2. The van der Waals surface area contributed by atoms with Crippen molar-refractivity contribution in [3.8, 4) is 0 Å². The zero-order valence-corrected chi connectivity index (χ0v) is 9.14. The van der Waals surface area contributed by atoms with E-state index in [-0.39, 0.29) is 0 Å². The molecule has 0 atom stereocenters. The number of carbonyl (C=O) groups is 2. The molecule has 6 heteroatoms. The average molecular weight is 246 g/mol. The smallest absolute Gasteiger partial charge is 0.313 e. The summed E-state index contributed by atoms with van der Waals surface area (Å²) in [5.74, 6) is -5.69. The molecule has 0 aromatic heterocycles. The third-order valence-electron chi connectivity index (χ3n) is 2.21. The Labute approximate surface area is 95.2 Å². The number of methoxy groups -OCH3 is 1. The largest absolute Gasteiger partial charge is 0.469 e. The molecule has 3 nitrogen and oxygen atoms in total. The van der Waals surface area contributed by atoms with Crippen LogP contribution in [0.2, 0.25) is 0 Å². The highest BCUT2D eigenvalue weighted by Crippen LogP contribution is 2.20. The monoisotopic (exact) mass is 246 g/mol. The standard InChI is InChI=1S/C11H9F3O3/c1-5-10(13)6(3-7(12)11(5)14)8(15)4-9(16)17-2/h3H,4H2,1-2H3. The second kappa shape index (κ2) is 4.99. The van der Waals surface area contributed by atoms with E-state index in [0.717, 1.165) is 14.0 Å². The summed E-state index contributed by atoms with van der Waals surface area (Å²) in [5.41, 5.74) is -1.26. The zero-order chi connectivity index (χ0) is 13.2. The van der Waals surface area contributed by atoms with Crippen molar-refractivity contribution < 1.29 is 27.5 Å². The van der Waals surface area contributed by atoms with E-state index in [2.05, 4.69) is 4.74 Å². The summed E-state index contributed by atoms with van der Waals surface area (Å²) in [4.78, 5) is 22.2. The van der Waals surface area contributed by atoms with E-state index < -0.39 is 46.8 Å². The van der Waals surface area contributed by atoms with Gasteiger partial charge in [-0.2, -0.15) is 0 Å². The molecule has 0 saturated carbocycles. The maximum atomic E-state index is 13.5. The Morgan fingerprint density at radius 1 is 1.24 bits per heavy atom. The van der Waals surface area contributed by atoms with Crippen LogP contribution in [0.5, 0.6) is 0 Å². The summed E-state index contributed by atoms with van der Waals surface area (Å²) >= 11 is 0. The second-order valence-corrected chi connectivity index (χ2v) is 3.34. The third kappa shape index (κ3) is 2.64. The van der Waals surface area contributed by atoms with Gasteiger partial charge in [0.25, 0.3) is 0 Å². The first-order valence-corrected chi connectivity index (χ1v) is 4.62. The number of Topliss-reactive ketones (excluding diaryl/α,β-unsaturated/α-hetero) is 1. The first-order valence-electron chi connectivity index (χ1n) is 4.62. The SMILES string of the molecule is COC(=O)CC(=O)c1cc(F)c(F)c(C)c1F. The minimum atomic E-state index is -1.35. The highest BCUT2D eigenvalue weighted by Gasteiger charge is 2.22. The van der Waals surface area contributed by atoms with Crippen LogP contribution < -0.4 is 0 Å². The van der Waals surface area contributed by atoms with Gasteiger partial charge in [0.15, 0.2) is 17.4 Å². The van der Waals surface area contributed by atoms with Gasteiger partial charge in [0.2, 0.25) is 0 Å². The van der Waals surface area contributed by atoms with Crippen LogP contribution in [-0.4, -0.2) is 18.9 Å². The Morgan fingerprint density at radius 3 is 2.35 bits per heavy atom. The van der Waals surface area contributed by atoms with Gasteiger partial charge in [-0.1, -0.05) is 0 Å². The Morgan fingerprint density at radius 2 is 1.82 bits per heavy atom. The molecular weight excluding hydrogens is 237 g/mol. The van der Waals surface area contributed by atoms with Crippen molar-refractivity contribution in [2.24, 2.45) is 0 Å². The lowest BCUT2D eigenvalue weighted by atomic mass is 10.0. The van der Waals surface area contributed by atoms with Crippen molar-refractivity contribution in [3.05, 3.63) is 34.6 Å². The summed E-state index contributed by atoms with van der Waals surface area (Å²) in [5, 5.41) is 0. The van der Waals surface area contributed by atoms with Gasteiger partial charge < -0.3 is 4.74 Å². The number of esters is 1. The molecule has 0 bridgehead atoms. The fourth-order valence-corrected chi connectivity index (χ4v) is 1.23. The zero-order valence-electron chi connectivity index (χ0n) is 9.14. The van der Waals surface area contributed by atoms with Crippen LogP contribution >= 0.6 is 0 Å². The van der Waals surface area contributed by atoms with E-state index in [1.807, 2.05) is 0 Å². The highest BCUT2D eigenvalue weighted by molar-refractivity contribution is 6.06. The van der Waals surface area contributed by atoms with Crippen LogP contribution in [0.4, 0.5) is 13.2 Å². The fourth-order valence-electron chi connectivity index (χ4n) is 1.23. The fraction of sp³-hybridized carbons (Fsp3) is 0.273. The van der Waals surface area contributed by atoms with Gasteiger partial charge in [0.05, 0.1) is 12.7 Å². The Hall–Kier alpha value is -1.85. The molecule has 0 spiro atoms. The van der Waals surface area contributed by atoms with Crippen molar-refractivity contribution in [1.82, 2.24) is 0 Å². The van der Waals surface area contributed by atoms with E-state index in [0.29, 0.717) is 6.07 Å². The molecule has 92 valence electrons. The number of ketones is 1. The molecule has 0 aliphatic rings. The van der Waals surface area contributed by atoms with Crippen molar-refractivity contribution in [2.75, 3.05) is 7.11 Å². The molecule has 1 aromatic rings. The van der Waals surface area contributed by atoms with Gasteiger partial charge >= 0.3 is 5.97 Å². The normalized spacial score (nSPS) is 10.2. The minimum Gasteiger partial charge on any atom is -0.469 e. The van der Waals surface area contributed by atoms with Crippen molar-refractivity contribution in [2.45, 2.75) is 13.3 Å². The predicted molar refractivity (Wildman–Crippen MR) is 52.0 cm³/mol. The molecule has 0 radical (unpaired) electrons. The summed E-state index contributed by atoms with van der Waals surface area (Å²) in [7, 11) is 1.06. The van der Waals surface area contributed by atoms with Crippen LogP contribution in [0.15, 0.2) is 6.07 Å². The Balaban J connectivity index is 3.15. The summed E-state index contributed by atoms with van der Waals surface area (Å²) in [6, 6.07) is 0.433. The van der Waals surface area contributed by atoms with E-state index >= 15 is 0 Å². The van der Waals surface area contributed by atoms with E-state index in [1.54, 1.807) is 0 Å². The van der Waals surface area contributed by atoms with Gasteiger partial charge in [-0.3, -0.25) is 9.59 Å². The number of hydrogen-bond donors (Lipinski definition) is 0. The predicted octanol–water partition coefficient (Wildman–Crippen LogP) is 2.16. The summed E-state index contributed by atoms with van der Waals surface area (Å²) < 4.78 is 43.6. The Kier molecular flexibility index (Phi) is 3.88. The topological polar surface area (TPSA) is 43.4 Å². The number of rotatable bonds is 3. The summed E-state index contributed by atoms with van der Waals surface area (Å²) in [6.45, 7) is 1.00. The van der Waals surface area contributed by atoms with E-state index in [1.165, 1.54) is 0 Å². The molecule has 0 amide bonds. The lowest BCUT2D eigenvalue weighted by Crippen LogP contribution is -2.13. The van der Waals surface area contributed by atoms with Crippen LogP contribution in [0, 0.1) is 24.4 Å². The molecule has 0 heterocycles. The minimum absolute atomic E-state index is 0.433. The number of carbonyl (C=O) groups excluding carboxylic acids is 2. The van der Waals surface area contributed by atoms with Crippen molar-refractivity contribution >= 4 is 11.8 Å². The van der Waals surface area contributed by atoms with Gasteiger partial charge in [-0.15, -0.1) is 0 Å². The lowest BCUT2D eigenvalue weighted by molar-refractivity contribution is -0.139. The number of benzene rings is 1. The third-order valence-corrected chi connectivity index (χ3v) is 2.21. The van der Waals surface area contributed by atoms with Gasteiger partial charge in [-0.25, -0.2) is 13.2 Å². The maximum Gasteiger partial charge on any atom is 0.313 e.